The molecule has 1 heterocycles. The molecule has 0 unspecified atom stereocenters. The van der Waals surface area contributed by atoms with Gasteiger partial charge in [0.1, 0.15) is 5.76 Å². The van der Waals surface area contributed by atoms with E-state index < -0.39 is 5.97 Å². The van der Waals surface area contributed by atoms with Crippen LogP contribution in [0.2, 0.25) is 0 Å². The lowest BCUT2D eigenvalue weighted by molar-refractivity contribution is -0.138. The Morgan fingerprint density at radius 3 is 2.78 bits per heavy atom. The van der Waals surface area contributed by atoms with Crippen molar-refractivity contribution in [3.05, 3.63) is 60.0 Å². The summed E-state index contributed by atoms with van der Waals surface area (Å²) in [7, 11) is 0. The van der Waals surface area contributed by atoms with Crippen LogP contribution >= 0.6 is 0 Å². The Balaban J connectivity index is 1.87. The normalized spacial score (nSPS) is 17.0. The van der Waals surface area contributed by atoms with Crippen LogP contribution in [0.3, 0.4) is 0 Å². The number of carboxylic acids is 1. The Bertz CT molecular complexity index is 701. The molecular formula is C22H30N2O3. The highest BCUT2D eigenvalue weighted by Crippen LogP contribution is 2.18. The number of piperidine rings is 1. The molecule has 146 valence electrons. The summed E-state index contributed by atoms with van der Waals surface area (Å²) in [5.74, 6) is 0.331. The van der Waals surface area contributed by atoms with E-state index in [0.29, 0.717) is 18.3 Å². The fourth-order valence-corrected chi connectivity index (χ4v) is 3.12. The van der Waals surface area contributed by atoms with E-state index in [-0.39, 0.29) is 6.54 Å². The van der Waals surface area contributed by atoms with Crippen molar-refractivity contribution in [2.45, 2.75) is 33.1 Å². The van der Waals surface area contributed by atoms with Crippen molar-refractivity contribution >= 4 is 11.7 Å². The number of rotatable bonds is 9. The Morgan fingerprint density at radius 2 is 2.15 bits per heavy atom. The van der Waals surface area contributed by atoms with Gasteiger partial charge in [-0.3, -0.25) is 14.7 Å². The van der Waals surface area contributed by atoms with E-state index in [1.54, 1.807) is 12.3 Å². The summed E-state index contributed by atoms with van der Waals surface area (Å²) in [6.07, 6.45) is 6.30. The zero-order chi connectivity index (χ0) is 19.6. The summed E-state index contributed by atoms with van der Waals surface area (Å²) in [5.41, 5.74) is 3.34. The lowest BCUT2D eigenvalue weighted by Gasteiger charge is -2.30. The molecule has 0 aliphatic carbocycles. The van der Waals surface area contributed by atoms with Crippen molar-refractivity contribution in [1.29, 1.82) is 0 Å². The molecule has 1 aliphatic heterocycles. The predicted molar refractivity (Wildman–Crippen MR) is 109 cm³/mol. The molecule has 2 rings (SSSR count). The van der Waals surface area contributed by atoms with Crippen LogP contribution < -0.4 is 0 Å². The number of nitrogens with zero attached hydrogens (tertiary/aromatic N) is 2. The number of aliphatic carboxylic acids is 1. The Hall–Kier alpha value is -2.40. The Kier molecular flexibility index (Phi) is 8.27. The highest BCUT2D eigenvalue weighted by molar-refractivity contribution is 5.99. The van der Waals surface area contributed by atoms with E-state index in [1.165, 1.54) is 5.56 Å². The zero-order valence-electron chi connectivity index (χ0n) is 16.4. The van der Waals surface area contributed by atoms with E-state index in [9.17, 15) is 4.79 Å². The molecule has 1 aromatic carbocycles. The van der Waals surface area contributed by atoms with Crippen LogP contribution in [-0.4, -0.2) is 47.9 Å². The van der Waals surface area contributed by atoms with Gasteiger partial charge in [0.2, 0.25) is 0 Å². The monoisotopic (exact) mass is 370 g/mol. The smallest absolute Gasteiger partial charge is 0.317 e. The minimum absolute atomic E-state index is 0.124. The summed E-state index contributed by atoms with van der Waals surface area (Å²) in [4.78, 5) is 17.3. The minimum atomic E-state index is -0.765. The fourth-order valence-electron chi connectivity index (χ4n) is 3.12. The lowest BCUT2D eigenvalue weighted by Crippen LogP contribution is -2.38. The number of carboxylic acid groups (broad SMARTS) is 1. The van der Waals surface area contributed by atoms with Gasteiger partial charge in [0, 0.05) is 5.71 Å². The van der Waals surface area contributed by atoms with Crippen LogP contribution in [0.25, 0.3) is 0 Å². The third-order valence-corrected chi connectivity index (χ3v) is 4.89. The molecule has 0 radical (unpaired) electrons. The Morgan fingerprint density at radius 1 is 1.41 bits per heavy atom. The van der Waals surface area contributed by atoms with Gasteiger partial charge in [0.15, 0.2) is 0 Å². The largest absolute Gasteiger partial charge is 0.492 e. The second-order valence-electron chi connectivity index (χ2n) is 6.93. The van der Waals surface area contributed by atoms with E-state index in [2.05, 4.69) is 42.8 Å². The second kappa shape index (κ2) is 10.7. The van der Waals surface area contributed by atoms with Crippen molar-refractivity contribution in [2.75, 3.05) is 26.2 Å². The third-order valence-electron chi connectivity index (χ3n) is 4.89. The Labute approximate surface area is 162 Å². The highest BCUT2D eigenvalue weighted by Gasteiger charge is 2.21. The first kappa shape index (κ1) is 20.9. The minimum Gasteiger partial charge on any atom is -0.492 e. The van der Waals surface area contributed by atoms with Crippen molar-refractivity contribution in [3.8, 4) is 0 Å². The molecule has 1 N–H and O–H groups in total. The number of benzene rings is 1. The van der Waals surface area contributed by atoms with Crippen LogP contribution in [0, 0.1) is 5.92 Å². The van der Waals surface area contributed by atoms with E-state index in [0.717, 1.165) is 43.6 Å². The van der Waals surface area contributed by atoms with Gasteiger partial charge in [-0.2, -0.15) is 0 Å². The zero-order valence-corrected chi connectivity index (χ0v) is 16.4. The molecule has 0 aromatic heterocycles. The van der Waals surface area contributed by atoms with Crippen molar-refractivity contribution in [3.63, 3.8) is 0 Å². The number of carbonyl (C=O) groups is 1. The number of hydrogen-bond donors (Lipinski definition) is 1. The lowest BCUT2D eigenvalue weighted by atomic mass is 9.98. The van der Waals surface area contributed by atoms with Crippen LogP contribution in [0.4, 0.5) is 0 Å². The maximum atomic E-state index is 10.8. The standard InChI is InChI=1S/C22H30N2O3/c1-4-18-7-6-8-20(13-18)17(3)23-14-21(5-2)27-16-19-9-11-24(12-10-19)15-22(25)26/h5-8,13-14,19H,2,4,9-12,15-16H2,1,3H3,(H,25,26)/b21-14+,23-17+. The van der Waals surface area contributed by atoms with Gasteiger partial charge in [-0.1, -0.05) is 31.7 Å². The topological polar surface area (TPSA) is 62.1 Å². The fraction of sp³-hybridized carbons (Fsp3) is 0.455. The maximum absolute atomic E-state index is 10.8. The van der Waals surface area contributed by atoms with Crippen LogP contribution in [0.5, 0.6) is 0 Å². The number of likely N-dealkylation sites (tertiary alicyclic amines) is 1. The first-order valence-electron chi connectivity index (χ1n) is 9.55. The quantitative estimate of drug-likeness (QED) is 0.407. The van der Waals surface area contributed by atoms with Gasteiger partial charge in [0.25, 0.3) is 0 Å². The molecule has 0 atom stereocenters. The summed E-state index contributed by atoms with van der Waals surface area (Å²) >= 11 is 0. The first-order valence-corrected chi connectivity index (χ1v) is 9.55. The third kappa shape index (κ3) is 7.02. The van der Waals surface area contributed by atoms with Gasteiger partial charge in [-0.05, 0) is 68.5 Å². The molecule has 0 spiro atoms. The number of allylic oxidation sites excluding steroid dienone is 1. The van der Waals surface area contributed by atoms with Crippen molar-refractivity contribution in [1.82, 2.24) is 4.90 Å². The average molecular weight is 370 g/mol. The van der Waals surface area contributed by atoms with E-state index >= 15 is 0 Å². The van der Waals surface area contributed by atoms with E-state index in [1.807, 2.05) is 11.8 Å². The van der Waals surface area contributed by atoms with Gasteiger partial charge in [-0.25, -0.2) is 0 Å². The SMILES string of the molecule is C=C/C(=C\N=C(/C)c1cccc(CC)c1)OCC1CCN(CC(=O)O)CC1. The molecule has 0 bridgehead atoms. The van der Waals surface area contributed by atoms with Crippen LogP contribution in [-0.2, 0) is 16.0 Å². The summed E-state index contributed by atoms with van der Waals surface area (Å²) in [6.45, 7) is 10.3. The highest BCUT2D eigenvalue weighted by atomic mass is 16.5. The number of aliphatic imine (C=N–C) groups is 1. The molecule has 1 aromatic rings. The summed E-state index contributed by atoms with van der Waals surface area (Å²) in [5, 5.41) is 8.86. The molecule has 0 amide bonds. The first-order chi connectivity index (χ1) is 13.0. The summed E-state index contributed by atoms with van der Waals surface area (Å²) < 4.78 is 5.88. The van der Waals surface area contributed by atoms with Gasteiger partial charge < -0.3 is 9.84 Å². The molecule has 5 heteroatoms. The van der Waals surface area contributed by atoms with Crippen LogP contribution in [0.1, 0.15) is 37.8 Å². The number of hydrogen-bond acceptors (Lipinski definition) is 4. The predicted octanol–water partition coefficient (Wildman–Crippen LogP) is 3.90. The molecule has 27 heavy (non-hydrogen) atoms. The molecule has 1 saturated heterocycles. The van der Waals surface area contributed by atoms with E-state index in [4.69, 9.17) is 9.84 Å². The molecular weight excluding hydrogens is 340 g/mol. The molecule has 1 aliphatic rings. The van der Waals surface area contributed by atoms with Crippen molar-refractivity contribution in [2.24, 2.45) is 10.9 Å². The molecule has 5 nitrogen and oxygen atoms in total. The molecule has 1 fully saturated rings. The summed E-state index contributed by atoms with van der Waals surface area (Å²) in [6, 6.07) is 8.39. The molecule has 0 saturated carbocycles. The maximum Gasteiger partial charge on any atom is 0.317 e. The van der Waals surface area contributed by atoms with Gasteiger partial charge >= 0.3 is 5.97 Å². The van der Waals surface area contributed by atoms with Gasteiger partial charge in [-0.15, -0.1) is 0 Å². The number of ether oxygens (including phenoxy) is 1. The van der Waals surface area contributed by atoms with Crippen molar-refractivity contribution < 1.29 is 14.6 Å². The number of aryl methyl sites for hydroxylation is 1. The van der Waals surface area contributed by atoms with Crippen LogP contribution in [0.15, 0.2) is 53.9 Å². The second-order valence-corrected chi connectivity index (χ2v) is 6.93. The average Bonchev–Trinajstić information content (AvgIpc) is 2.68. The van der Waals surface area contributed by atoms with Gasteiger partial charge in [0.05, 0.1) is 19.4 Å².